The second-order valence-corrected chi connectivity index (χ2v) is 10.2. The number of nitrogens with zero attached hydrogens (tertiary/aromatic N) is 2. The van der Waals surface area contributed by atoms with Gasteiger partial charge in [0.15, 0.2) is 0 Å². The quantitative estimate of drug-likeness (QED) is 0.315. The highest BCUT2D eigenvalue weighted by Crippen LogP contribution is 2.27. The minimum absolute atomic E-state index is 0.0265. The van der Waals surface area contributed by atoms with Crippen LogP contribution in [0.25, 0.3) is 11.3 Å². The number of aryl methyl sites for hydroxylation is 1. The fourth-order valence-corrected chi connectivity index (χ4v) is 4.41. The third kappa shape index (κ3) is 7.83. The molecule has 0 fully saturated rings. The summed E-state index contributed by atoms with van der Waals surface area (Å²) in [6.07, 6.45) is 3.23. The maximum absolute atomic E-state index is 13.0. The Morgan fingerprint density at radius 3 is 2.35 bits per heavy atom. The van der Waals surface area contributed by atoms with Crippen molar-refractivity contribution >= 4 is 23.4 Å². The Hall–Kier alpha value is -3.32. The first-order valence-electron chi connectivity index (χ1n) is 12.8. The number of benzene rings is 2. The van der Waals surface area contributed by atoms with Crippen molar-refractivity contribution in [3.8, 4) is 17.0 Å². The number of hydrogen-bond donors (Lipinski definition) is 2. The van der Waals surface area contributed by atoms with E-state index in [1.54, 1.807) is 18.2 Å². The van der Waals surface area contributed by atoms with Crippen molar-refractivity contribution in [2.24, 2.45) is 5.73 Å². The summed E-state index contributed by atoms with van der Waals surface area (Å²) in [5.74, 6) is 1.27. The largest absolute Gasteiger partial charge is 0.489 e. The molecule has 1 atom stereocenters. The second kappa shape index (κ2) is 12.8. The molecule has 37 heavy (non-hydrogen) atoms. The number of carbonyl (C=O) groups excluding carboxylic acids is 2. The van der Waals surface area contributed by atoms with Gasteiger partial charge in [0.1, 0.15) is 11.6 Å². The zero-order valence-corrected chi connectivity index (χ0v) is 23.0. The van der Waals surface area contributed by atoms with Crippen molar-refractivity contribution in [3.63, 3.8) is 0 Å². The average molecular weight is 525 g/mol. The summed E-state index contributed by atoms with van der Waals surface area (Å²) in [7, 11) is 0. The number of rotatable bonds is 12. The van der Waals surface area contributed by atoms with Crippen LogP contribution in [0.1, 0.15) is 75.1 Å². The SMILES string of the molecule is CCn1cc(-c2ccc(C[C@@H](CCC(N)=O)NC(=O)c3ccc(OC(C)C)c(Cl)c3)cc2)nc1C(C)C. The summed E-state index contributed by atoms with van der Waals surface area (Å²) < 4.78 is 7.83. The first kappa shape index (κ1) is 28.3. The number of halogens is 1. The van der Waals surface area contributed by atoms with E-state index < -0.39 is 5.91 Å². The zero-order chi connectivity index (χ0) is 27.1. The van der Waals surface area contributed by atoms with Crippen LogP contribution >= 0.6 is 11.6 Å². The Balaban J connectivity index is 1.74. The minimum Gasteiger partial charge on any atom is -0.489 e. The van der Waals surface area contributed by atoms with Gasteiger partial charge in [0.25, 0.3) is 5.91 Å². The van der Waals surface area contributed by atoms with Gasteiger partial charge in [0, 0.05) is 42.2 Å². The lowest BCUT2D eigenvalue weighted by molar-refractivity contribution is -0.118. The number of ether oxygens (including phenoxy) is 1. The monoisotopic (exact) mass is 524 g/mol. The number of carbonyl (C=O) groups is 2. The van der Waals surface area contributed by atoms with Gasteiger partial charge in [0.05, 0.1) is 16.8 Å². The van der Waals surface area contributed by atoms with Crippen molar-refractivity contribution in [1.82, 2.24) is 14.9 Å². The van der Waals surface area contributed by atoms with Crippen molar-refractivity contribution in [3.05, 3.63) is 70.6 Å². The number of hydrogen-bond acceptors (Lipinski definition) is 4. The predicted molar refractivity (Wildman–Crippen MR) is 148 cm³/mol. The summed E-state index contributed by atoms with van der Waals surface area (Å²) in [6.45, 7) is 11.1. The van der Waals surface area contributed by atoms with Crippen LogP contribution in [0.15, 0.2) is 48.7 Å². The van der Waals surface area contributed by atoms with Gasteiger partial charge in [-0.25, -0.2) is 4.98 Å². The molecule has 7 nitrogen and oxygen atoms in total. The van der Waals surface area contributed by atoms with Crippen LogP contribution in [0.5, 0.6) is 5.75 Å². The Labute approximate surface area is 224 Å². The van der Waals surface area contributed by atoms with Gasteiger partial charge in [-0.2, -0.15) is 0 Å². The third-order valence-corrected chi connectivity index (χ3v) is 6.32. The number of amides is 2. The predicted octanol–water partition coefficient (Wildman–Crippen LogP) is 5.74. The second-order valence-electron chi connectivity index (χ2n) is 9.81. The Morgan fingerprint density at radius 2 is 1.81 bits per heavy atom. The van der Waals surface area contributed by atoms with Gasteiger partial charge in [-0.3, -0.25) is 9.59 Å². The van der Waals surface area contributed by atoms with E-state index in [1.165, 1.54) is 0 Å². The molecule has 3 N–H and O–H groups in total. The summed E-state index contributed by atoms with van der Waals surface area (Å²) in [5, 5.41) is 3.41. The van der Waals surface area contributed by atoms with E-state index in [9.17, 15) is 9.59 Å². The molecule has 0 bridgehead atoms. The molecule has 0 unspecified atom stereocenters. The molecule has 0 aliphatic carbocycles. The number of imidazole rings is 1. The van der Waals surface area contributed by atoms with Crippen LogP contribution in [0.3, 0.4) is 0 Å². The lowest BCUT2D eigenvalue weighted by atomic mass is 9.99. The van der Waals surface area contributed by atoms with Gasteiger partial charge in [0.2, 0.25) is 5.91 Å². The molecule has 3 rings (SSSR count). The Morgan fingerprint density at radius 1 is 1.11 bits per heavy atom. The molecule has 1 aromatic heterocycles. The molecule has 1 heterocycles. The fraction of sp³-hybridized carbons (Fsp3) is 0.414. The lowest BCUT2D eigenvalue weighted by Crippen LogP contribution is -2.37. The molecule has 0 saturated carbocycles. The number of primary amides is 1. The first-order valence-corrected chi connectivity index (χ1v) is 13.2. The van der Waals surface area contributed by atoms with Crippen LogP contribution in [0.4, 0.5) is 0 Å². The van der Waals surface area contributed by atoms with Crippen LogP contribution < -0.4 is 15.8 Å². The molecule has 2 aromatic carbocycles. The van der Waals surface area contributed by atoms with Gasteiger partial charge in [-0.1, -0.05) is 49.7 Å². The molecule has 3 aromatic rings. The van der Waals surface area contributed by atoms with Gasteiger partial charge in [-0.05, 0) is 57.4 Å². The standard InChI is InChI=1S/C29H37ClN4O3/c1-6-34-17-25(33-28(34)18(2)3)21-9-7-20(8-10-21)15-23(12-14-27(31)35)32-29(36)22-11-13-26(24(30)16-22)37-19(4)5/h7-11,13,16-19,23H,6,12,14-15H2,1-5H3,(H2,31,35)(H,32,36)/t23-/m1/s1. The summed E-state index contributed by atoms with van der Waals surface area (Å²) in [6, 6.07) is 12.8. The van der Waals surface area contributed by atoms with E-state index in [0.29, 0.717) is 35.1 Å². The van der Waals surface area contributed by atoms with Crippen molar-refractivity contribution in [2.75, 3.05) is 0 Å². The number of nitrogens with one attached hydrogen (secondary N) is 1. The smallest absolute Gasteiger partial charge is 0.251 e. The fourth-order valence-electron chi connectivity index (χ4n) is 4.18. The molecule has 0 spiro atoms. The average Bonchev–Trinajstić information content (AvgIpc) is 3.29. The first-order chi connectivity index (χ1) is 17.6. The van der Waals surface area contributed by atoms with Gasteiger partial charge >= 0.3 is 0 Å². The molecule has 8 heteroatoms. The van der Waals surface area contributed by atoms with Gasteiger partial charge < -0.3 is 20.4 Å². The van der Waals surface area contributed by atoms with Crippen molar-refractivity contribution in [2.45, 2.75) is 78.5 Å². The normalized spacial score (nSPS) is 12.1. The number of aromatic nitrogens is 2. The molecule has 198 valence electrons. The molecule has 0 saturated heterocycles. The zero-order valence-electron chi connectivity index (χ0n) is 22.3. The number of nitrogens with two attached hydrogens (primary N) is 1. The Bertz CT molecular complexity index is 1220. The van der Waals surface area contributed by atoms with Crippen LogP contribution in [-0.4, -0.2) is 33.5 Å². The van der Waals surface area contributed by atoms with Crippen LogP contribution in [0, 0.1) is 0 Å². The van der Waals surface area contributed by atoms with E-state index in [-0.39, 0.29) is 24.5 Å². The molecular formula is C29H37ClN4O3. The van der Waals surface area contributed by atoms with E-state index in [1.807, 2.05) is 38.1 Å². The van der Waals surface area contributed by atoms with E-state index in [4.69, 9.17) is 27.1 Å². The summed E-state index contributed by atoms with van der Waals surface area (Å²) in [5.41, 5.74) is 8.83. The highest BCUT2D eigenvalue weighted by Gasteiger charge is 2.18. The van der Waals surface area contributed by atoms with Crippen molar-refractivity contribution in [1.29, 1.82) is 0 Å². The molecule has 2 amide bonds. The minimum atomic E-state index is -0.403. The summed E-state index contributed by atoms with van der Waals surface area (Å²) >= 11 is 6.32. The maximum Gasteiger partial charge on any atom is 0.251 e. The van der Waals surface area contributed by atoms with E-state index in [0.717, 1.165) is 29.2 Å². The highest BCUT2D eigenvalue weighted by molar-refractivity contribution is 6.32. The summed E-state index contributed by atoms with van der Waals surface area (Å²) in [4.78, 5) is 29.3. The molecular weight excluding hydrogens is 488 g/mol. The topological polar surface area (TPSA) is 99.2 Å². The molecule has 0 radical (unpaired) electrons. The van der Waals surface area contributed by atoms with Crippen LogP contribution in [0.2, 0.25) is 5.02 Å². The van der Waals surface area contributed by atoms with E-state index >= 15 is 0 Å². The van der Waals surface area contributed by atoms with E-state index in [2.05, 4.69) is 36.9 Å². The lowest BCUT2D eigenvalue weighted by Gasteiger charge is -2.19. The maximum atomic E-state index is 13.0. The highest BCUT2D eigenvalue weighted by atomic mass is 35.5. The molecule has 0 aliphatic heterocycles. The van der Waals surface area contributed by atoms with Crippen LogP contribution in [-0.2, 0) is 17.8 Å². The van der Waals surface area contributed by atoms with Gasteiger partial charge in [-0.15, -0.1) is 0 Å². The Kier molecular flexibility index (Phi) is 9.75. The van der Waals surface area contributed by atoms with Crippen molar-refractivity contribution < 1.29 is 14.3 Å². The third-order valence-electron chi connectivity index (χ3n) is 6.03. The molecule has 0 aliphatic rings.